The first kappa shape index (κ1) is 21.5. The Bertz CT molecular complexity index is 781. The van der Waals surface area contributed by atoms with Crippen LogP contribution in [-0.2, 0) is 10.2 Å². The summed E-state index contributed by atoms with van der Waals surface area (Å²) in [5.74, 6) is 1.24. The molecule has 1 saturated heterocycles. The molecule has 0 aliphatic carbocycles. The highest BCUT2D eigenvalue weighted by atomic mass is 35.5. The molecular formula is C21H23Cl3O4. The average molecular weight is 446 g/mol. The number of epoxide rings is 1. The number of alkyl halides is 1. The predicted molar refractivity (Wildman–Crippen MR) is 112 cm³/mol. The fraction of sp³-hybridized carbons (Fsp3) is 0.429. The monoisotopic (exact) mass is 444 g/mol. The van der Waals surface area contributed by atoms with Crippen molar-refractivity contribution in [1.29, 1.82) is 0 Å². The third-order valence-electron chi connectivity index (χ3n) is 4.73. The lowest BCUT2D eigenvalue weighted by molar-refractivity contribution is 0.125. The lowest BCUT2D eigenvalue weighted by Gasteiger charge is -2.27. The molecule has 1 fully saturated rings. The van der Waals surface area contributed by atoms with Crippen molar-refractivity contribution >= 4 is 34.8 Å². The second-order valence-electron chi connectivity index (χ2n) is 7.30. The van der Waals surface area contributed by atoms with Gasteiger partial charge in [0.15, 0.2) is 5.75 Å². The van der Waals surface area contributed by atoms with E-state index < -0.39 is 6.10 Å². The molecule has 0 unspecified atom stereocenters. The van der Waals surface area contributed by atoms with Crippen LogP contribution < -0.4 is 9.47 Å². The van der Waals surface area contributed by atoms with E-state index in [4.69, 9.17) is 49.0 Å². The largest absolute Gasteiger partial charge is 0.491 e. The van der Waals surface area contributed by atoms with E-state index in [2.05, 4.69) is 13.8 Å². The van der Waals surface area contributed by atoms with Gasteiger partial charge in [-0.05, 0) is 35.4 Å². The SMILES string of the molecule is CC(C)(c1ccc(OC[C@H]2CO2)cc1)c1cc(Cl)c(OC[C@H](O)CCl)c(Cl)c1. The van der Waals surface area contributed by atoms with Gasteiger partial charge in [0.05, 0.1) is 22.5 Å². The zero-order valence-corrected chi connectivity index (χ0v) is 18.0. The smallest absolute Gasteiger partial charge is 0.156 e. The second-order valence-corrected chi connectivity index (χ2v) is 8.43. The van der Waals surface area contributed by atoms with E-state index in [9.17, 15) is 5.11 Å². The molecule has 0 radical (unpaired) electrons. The topological polar surface area (TPSA) is 51.2 Å². The Balaban J connectivity index is 1.76. The number of aliphatic hydroxyl groups excluding tert-OH is 1. The molecule has 2 aromatic rings. The van der Waals surface area contributed by atoms with Gasteiger partial charge in [0.25, 0.3) is 0 Å². The molecule has 1 aliphatic heterocycles. The summed E-state index contributed by atoms with van der Waals surface area (Å²) in [6.07, 6.45) is -0.552. The molecule has 0 bridgehead atoms. The lowest BCUT2D eigenvalue weighted by Crippen LogP contribution is -2.20. The van der Waals surface area contributed by atoms with Crippen LogP contribution in [0, 0.1) is 0 Å². The van der Waals surface area contributed by atoms with Crippen LogP contribution in [0.1, 0.15) is 25.0 Å². The van der Waals surface area contributed by atoms with Gasteiger partial charge in [-0.2, -0.15) is 0 Å². The van der Waals surface area contributed by atoms with Gasteiger partial charge in [0.1, 0.15) is 31.2 Å². The first-order valence-corrected chi connectivity index (χ1v) is 10.3. The third kappa shape index (κ3) is 5.25. The number of aliphatic hydroxyl groups is 1. The quantitative estimate of drug-likeness (QED) is 0.432. The second kappa shape index (κ2) is 9.10. The summed E-state index contributed by atoms with van der Waals surface area (Å²) in [6, 6.07) is 11.6. The van der Waals surface area contributed by atoms with Crippen molar-refractivity contribution in [1.82, 2.24) is 0 Å². The highest BCUT2D eigenvalue weighted by Gasteiger charge is 2.26. The molecule has 2 aromatic carbocycles. The molecule has 1 aliphatic rings. The summed E-state index contributed by atoms with van der Waals surface area (Å²) >= 11 is 18.4. The number of benzene rings is 2. The molecule has 4 nitrogen and oxygen atoms in total. The number of hydrogen-bond acceptors (Lipinski definition) is 4. The highest BCUT2D eigenvalue weighted by molar-refractivity contribution is 6.37. The number of rotatable bonds is 9. The van der Waals surface area contributed by atoms with Gasteiger partial charge in [0.2, 0.25) is 0 Å². The van der Waals surface area contributed by atoms with Crippen molar-refractivity contribution in [3.05, 3.63) is 57.6 Å². The van der Waals surface area contributed by atoms with E-state index in [0.717, 1.165) is 23.5 Å². The number of halogens is 3. The first-order valence-electron chi connectivity index (χ1n) is 9.02. The molecule has 0 saturated carbocycles. The summed E-state index contributed by atoms with van der Waals surface area (Å²) in [4.78, 5) is 0. The van der Waals surface area contributed by atoms with Crippen LogP contribution in [-0.4, -0.2) is 43.0 Å². The highest BCUT2D eigenvalue weighted by Crippen LogP contribution is 2.40. The van der Waals surface area contributed by atoms with Crippen LogP contribution >= 0.6 is 34.8 Å². The Morgan fingerprint density at radius 3 is 2.25 bits per heavy atom. The summed E-state index contributed by atoms with van der Waals surface area (Å²) in [5, 5.41) is 10.3. The number of hydrogen-bond donors (Lipinski definition) is 1. The molecule has 1 heterocycles. The molecule has 0 aromatic heterocycles. The minimum absolute atomic E-state index is 0.0268. The van der Waals surface area contributed by atoms with E-state index in [0.29, 0.717) is 22.4 Å². The Hall–Kier alpha value is -1.17. The van der Waals surface area contributed by atoms with Crippen LogP contribution in [0.3, 0.4) is 0 Å². The van der Waals surface area contributed by atoms with Gasteiger partial charge in [-0.25, -0.2) is 0 Å². The summed E-state index contributed by atoms with van der Waals surface area (Å²) < 4.78 is 16.4. The van der Waals surface area contributed by atoms with Crippen molar-refractivity contribution in [2.24, 2.45) is 0 Å². The maximum atomic E-state index is 9.57. The summed E-state index contributed by atoms with van der Waals surface area (Å²) in [7, 11) is 0. The van der Waals surface area contributed by atoms with Crippen LogP contribution in [0.5, 0.6) is 11.5 Å². The van der Waals surface area contributed by atoms with Crippen LogP contribution in [0.2, 0.25) is 10.0 Å². The minimum atomic E-state index is -0.780. The molecule has 3 rings (SSSR count). The lowest BCUT2D eigenvalue weighted by atomic mass is 9.78. The van der Waals surface area contributed by atoms with E-state index in [1.165, 1.54) is 0 Å². The standard InChI is InChI=1S/C21H23Cl3O4/c1-21(2,13-3-5-16(6-4-13)26-11-17-12-27-17)14-7-18(23)20(19(24)8-14)28-10-15(25)9-22/h3-8,15,17,25H,9-12H2,1-2H3/t15-,17+/m1/s1. The fourth-order valence-corrected chi connectivity index (χ4v) is 3.46. The molecule has 0 spiro atoms. The Morgan fingerprint density at radius 2 is 1.71 bits per heavy atom. The molecule has 7 heteroatoms. The molecular weight excluding hydrogens is 423 g/mol. The Morgan fingerprint density at radius 1 is 1.11 bits per heavy atom. The van der Waals surface area contributed by atoms with Gasteiger partial charge in [-0.15, -0.1) is 11.6 Å². The maximum Gasteiger partial charge on any atom is 0.156 e. The average Bonchev–Trinajstić information content (AvgIpc) is 3.50. The zero-order chi connectivity index (χ0) is 20.3. The van der Waals surface area contributed by atoms with Gasteiger partial charge in [-0.3, -0.25) is 0 Å². The van der Waals surface area contributed by atoms with Gasteiger partial charge in [0, 0.05) is 5.41 Å². The van der Waals surface area contributed by atoms with Gasteiger partial charge >= 0.3 is 0 Å². The molecule has 2 atom stereocenters. The van der Waals surface area contributed by atoms with Gasteiger partial charge < -0.3 is 19.3 Å². The van der Waals surface area contributed by atoms with Crippen LogP contribution in [0.4, 0.5) is 0 Å². The van der Waals surface area contributed by atoms with Crippen molar-refractivity contribution in [3.8, 4) is 11.5 Å². The van der Waals surface area contributed by atoms with E-state index in [1.54, 1.807) is 0 Å². The fourth-order valence-electron chi connectivity index (χ4n) is 2.77. The van der Waals surface area contributed by atoms with E-state index >= 15 is 0 Å². The van der Waals surface area contributed by atoms with Crippen LogP contribution in [0.25, 0.3) is 0 Å². The van der Waals surface area contributed by atoms with Crippen molar-refractivity contribution < 1.29 is 19.3 Å². The summed E-state index contributed by atoms with van der Waals surface area (Å²) in [6.45, 7) is 5.57. The molecule has 1 N–H and O–H groups in total. The maximum absolute atomic E-state index is 9.57. The first-order chi connectivity index (χ1) is 13.3. The molecule has 152 valence electrons. The Kier molecular flexibility index (Phi) is 7.00. The molecule has 28 heavy (non-hydrogen) atoms. The number of ether oxygens (including phenoxy) is 3. The van der Waals surface area contributed by atoms with Gasteiger partial charge in [-0.1, -0.05) is 49.2 Å². The molecule has 0 amide bonds. The van der Waals surface area contributed by atoms with Crippen molar-refractivity contribution in [2.45, 2.75) is 31.5 Å². The normalized spacial score (nSPS) is 17.3. The van der Waals surface area contributed by atoms with Crippen molar-refractivity contribution in [2.75, 3.05) is 25.7 Å². The van der Waals surface area contributed by atoms with E-state index in [-0.39, 0.29) is 24.0 Å². The van der Waals surface area contributed by atoms with Crippen LogP contribution in [0.15, 0.2) is 36.4 Å². The van der Waals surface area contributed by atoms with E-state index in [1.807, 2.05) is 36.4 Å². The zero-order valence-electron chi connectivity index (χ0n) is 15.8. The predicted octanol–water partition coefficient (Wildman–Crippen LogP) is 5.08. The minimum Gasteiger partial charge on any atom is -0.491 e. The Labute approximate surface area is 180 Å². The summed E-state index contributed by atoms with van der Waals surface area (Å²) in [5.41, 5.74) is 1.72. The van der Waals surface area contributed by atoms with Crippen molar-refractivity contribution in [3.63, 3.8) is 0 Å². The third-order valence-corrected chi connectivity index (χ3v) is 5.65.